The minimum atomic E-state index is -0.400. The van der Waals surface area contributed by atoms with Crippen LogP contribution >= 0.6 is 23.4 Å². The molecule has 0 spiro atoms. The van der Waals surface area contributed by atoms with Crippen LogP contribution in [-0.4, -0.2) is 53.6 Å². The second kappa shape index (κ2) is 7.92. The zero-order valence-corrected chi connectivity index (χ0v) is 10.2. The summed E-state index contributed by atoms with van der Waals surface area (Å²) in [5.41, 5.74) is 0. The summed E-state index contributed by atoms with van der Waals surface area (Å²) in [6.45, 7) is 2.84. The van der Waals surface area contributed by atoms with Gasteiger partial charge in [0.05, 0.1) is 6.10 Å². The van der Waals surface area contributed by atoms with Gasteiger partial charge in [-0.05, 0) is 32.4 Å². The van der Waals surface area contributed by atoms with E-state index in [1.165, 1.54) is 5.75 Å². The summed E-state index contributed by atoms with van der Waals surface area (Å²) in [5.74, 6) is 1.49. The number of aliphatic hydroxyl groups excluding tert-OH is 1. The first-order valence-electron chi connectivity index (χ1n) is 4.55. The summed E-state index contributed by atoms with van der Waals surface area (Å²) in [7, 11) is 2.03. The fourth-order valence-electron chi connectivity index (χ4n) is 1.07. The Morgan fingerprint density at radius 3 is 2.62 bits per heavy atom. The van der Waals surface area contributed by atoms with E-state index < -0.39 is 6.10 Å². The van der Waals surface area contributed by atoms with Gasteiger partial charge in [-0.2, -0.15) is 11.8 Å². The van der Waals surface area contributed by atoms with Gasteiger partial charge >= 0.3 is 0 Å². The zero-order valence-electron chi connectivity index (χ0n) is 8.66. The predicted octanol–water partition coefficient (Wildman–Crippen LogP) is 1.66. The van der Waals surface area contributed by atoms with Gasteiger partial charge in [0.25, 0.3) is 0 Å². The molecule has 0 aliphatic rings. The Morgan fingerprint density at radius 1 is 1.54 bits per heavy atom. The Morgan fingerprint density at radius 2 is 2.15 bits per heavy atom. The van der Waals surface area contributed by atoms with Crippen LogP contribution in [0.4, 0.5) is 0 Å². The van der Waals surface area contributed by atoms with Gasteiger partial charge in [0.1, 0.15) is 0 Å². The largest absolute Gasteiger partial charge is 0.391 e. The fourth-order valence-corrected chi connectivity index (χ4v) is 1.74. The van der Waals surface area contributed by atoms with Crippen molar-refractivity contribution in [3.63, 3.8) is 0 Å². The summed E-state index contributed by atoms with van der Waals surface area (Å²) in [6.07, 6.45) is 2.87. The highest BCUT2D eigenvalue weighted by Crippen LogP contribution is 2.06. The van der Waals surface area contributed by atoms with E-state index in [1.807, 2.05) is 18.8 Å². The number of likely N-dealkylation sites (N-methyl/N-ethyl adjacent to an activating group) is 1. The van der Waals surface area contributed by atoms with E-state index in [0.29, 0.717) is 18.5 Å². The van der Waals surface area contributed by atoms with Gasteiger partial charge in [-0.3, -0.25) is 0 Å². The molecule has 0 aromatic heterocycles. The van der Waals surface area contributed by atoms with Crippen molar-refractivity contribution in [2.45, 2.75) is 25.5 Å². The molecule has 0 aliphatic carbocycles. The van der Waals surface area contributed by atoms with Crippen molar-refractivity contribution in [3.05, 3.63) is 0 Å². The lowest BCUT2D eigenvalue weighted by atomic mass is 10.2. The Balaban J connectivity index is 3.61. The molecule has 1 N–H and O–H groups in total. The van der Waals surface area contributed by atoms with Crippen LogP contribution in [-0.2, 0) is 0 Å². The van der Waals surface area contributed by atoms with Gasteiger partial charge < -0.3 is 10.0 Å². The van der Waals surface area contributed by atoms with Gasteiger partial charge in [0.2, 0.25) is 0 Å². The Kier molecular flexibility index (Phi) is 8.26. The molecule has 0 radical (unpaired) electrons. The first-order valence-corrected chi connectivity index (χ1v) is 6.47. The minimum absolute atomic E-state index is 0.319. The average molecular weight is 226 g/mol. The van der Waals surface area contributed by atoms with Crippen molar-refractivity contribution >= 4 is 23.4 Å². The van der Waals surface area contributed by atoms with E-state index in [0.717, 1.165) is 6.42 Å². The molecule has 2 atom stereocenters. The summed E-state index contributed by atoms with van der Waals surface area (Å²) < 4.78 is 0. The lowest BCUT2D eigenvalue weighted by Gasteiger charge is -2.26. The quantitative estimate of drug-likeness (QED) is 0.667. The lowest BCUT2D eigenvalue weighted by Crippen LogP contribution is -2.36. The summed E-state index contributed by atoms with van der Waals surface area (Å²) in [4.78, 5) is 2.16. The van der Waals surface area contributed by atoms with Crippen molar-refractivity contribution in [1.82, 2.24) is 4.90 Å². The van der Waals surface area contributed by atoms with Gasteiger partial charge in [-0.25, -0.2) is 0 Å². The SMILES string of the molecule is CSCCC(C)N(C)CC(O)CCl. The highest BCUT2D eigenvalue weighted by Gasteiger charge is 2.12. The number of halogens is 1. The molecule has 2 nitrogen and oxygen atoms in total. The molecule has 80 valence electrons. The molecule has 0 aliphatic heterocycles. The monoisotopic (exact) mass is 225 g/mol. The lowest BCUT2D eigenvalue weighted by molar-refractivity contribution is 0.123. The van der Waals surface area contributed by atoms with Crippen molar-refractivity contribution in [1.29, 1.82) is 0 Å². The van der Waals surface area contributed by atoms with E-state index in [9.17, 15) is 5.11 Å². The molecule has 0 saturated carbocycles. The highest BCUT2D eigenvalue weighted by atomic mass is 35.5. The number of hydrogen-bond acceptors (Lipinski definition) is 3. The predicted molar refractivity (Wildman–Crippen MR) is 61.8 cm³/mol. The standard InChI is InChI=1S/C9H20ClNOS/c1-8(4-5-13-3)11(2)7-9(12)6-10/h8-9,12H,4-7H2,1-3H3. The number of aliphatic hydroxyl groups is 1. The second-order valence-electron chi connectivity index (χ2n) is 3.38. The van der Waals surface area contributed by atoms with Crippen LogP contribution in [0, 0.1) is 0 Å². The van der Waals surface area contributed by atoms with E-state index in [1.54, 1.807) is 0 Å². The fraction of sp³-hybridized carbons (Fsp3) is 1.00. The molecule has 0 heterocycles. The molecule has 0 saturated heterocycles. The van der Waals surface area contributed by atoms with Crippen LogP contribution in [0.3, 0.4) is 0 Å². The maximum absolute atomic E-state index is 9.32. The van der Waals surface area contributed by atoms with Crippen LogP contribution in [0.2, 0.25) is 0 Å². The minimum Gasteiger partial charge on any atom is -0.391 e. The number of alkyl halides is 1. The van der Waals surface area contributed by atoms with E-state index in [4.69, 9.17) is 11.6 Å². The molecule has 0 rings (SSSR count). The Labute approximate surface area is 90.6 Å². The van der Waals surface area contributed by atoms with E-state index in [2.05, 4.69) is 18.1 Å². The van der Waals surface area contributed by atoms with Crippen molar-refractivity contribution < 1.29 is 5.11 Å². The van der Waals surface area contributed by atoms with Crippen LogP contribution < -0.4 is 0 Å². The molecule has 0 aromatic rings. The number of hydrogen-bond donors (Lipinski definition) is 1. The average Bonchev–Trinajstić information content (AvgIpc) is 2.13. The third-order valence-corrected chi connectivity index (χ3v) is 3.17. The van der Waals surface area contributed by atoms with Gasteiger partial charge in [-0.1, -0.05) is 0 Å². The molecule has 0 fully saturated rings. The molecule has 0 aromatic carbocycles. The van der Waals surface area contributed by atoms with E-state index in [-0.39, 0.29) is 0 Å². The highest BCUT2D eigenvalue weighted by molar-refractivity contribution is 7.98. The van der Waals surface area contributed by atoms with Gasteiger partial charge in [0.15, 0.2) is 0 Å². The first kappa shape index (κ1) is 13.6. The summed E-state index contributed by atoms with van der Waals surface area (Å²) in [6, 6.07) is 0.519. The molecular formula is C9H20ClNOS. The maximum Gasteiger partial charge on any atom is 0.0802 e. The molecular weight excluding hydrogens is 206 g/mol. The molecule has 0 bridgehead atoms. The van der Waals surface area contributed by atoms with Crippen molar-refractivity contribution in [2.24, 2.45) is 0 Å². The first-order chi connectivity index (χ1) is 6.11. The Hall–Kier alpha value is 0.560. The molecule has 0 amide bonds. The zero-order chi connectivity index (χ0) is 10.3. The number of nitrogens with zero attached hydrogens (tertiary/aromatic N) is 1. The maximum atomic E-state index is 9.32. The summed E-state index contributed by atoms with van der Waals surface area (Å²) >= 11 is 7.38. The van der Waals surface area contributed by atoms with Crippen molar-refractivity contribution in [3.8, 4) is 0 Å². The smallest absolute Gasteiger partial charge is 0.0802 e. The van der Waals surface area contributed by atoms with Gasteiger partial charge in [-0.15, -0.1) is 11.6 Å². The Bertz CT molecular complexity index is 126. The van der Waals surface area contributed by atoms with Crippen molar-refractivity contribution in [2.75, 3.05) is 31.5 Å². The molecule has 2 unspecified atom stereocenters. The third-order valence-electron chi connectivity index (χ3n) is 2.17. The molecule has 13 heavy (non-hydrogen) atoms. The topological polar surface area (TPSA) is 23.5 Å². The van der Waals surface area contributed by atoms with Gasteiger partial charge in [0, 0.05) is 18.5 Å². The van der Waals surface area contributed by atoms with Crippen LogP contribution in [0.15, 0.2) is 0 Å². The number of thioether (sulfide) groups is 1. The third kappa shape index (κ3) is 6.61. The molecule has 4 heteroatoms. The van der Waals surface area contributed by atoms with E-state index >= 15 is 0 Å². The second-order valence-corrected chi connectivity index (χ2v) is 4.67. The van der Waals surface area contributed by atoms with Crippen LogP contribution in [0.25, 0.3) is 0 Å². The van der Waals surface area contributed by atoms with Crippen LogP contribution in [0.5, 0.6) is 0 Å². The normalized spacial score (nSPS) is 16.2. The summed E-state index contributed by atoms with van der Waals surface area (Å²) in [5, 5.41) is 9.32. The van der Waals surface area contributed by atoms with Crippen LogP contribution in [0.1, 0.15) is 13.3 Å². The number of rotatable bonds is 7.